The molecule has 0 atom stereocenters. The second-order valence-electron chi connectivity index (χ2n) is 4.69. The normalized spacial score (nSPS) is 10.9. The predicted octanol–water partition coefficient (Wildman–Crippen LogP) is 3.32. The molecule has 1 amide bonds. The lowest BCUT2D eigenvalue weighted by molar-refractivity contribution is 0.102. The van der Waals surface area contributed by atoms with Crippen LogP contribution in [-0.4, -0.2) is 27.6 Å². The maximum Gasteiger partial charge on any atom is 0.267 e. The summed E-state index contributed by atoms with van der Waals surface area (Å²) in [6, 6.07) is 5.10. The molecule has 0 unspecified atom stereocenters. The molecule has 2 heterocycles. The van der Waals surface area contributed by atoms with E-state index in [0.717, 1.165) is 11.5 Å². The molecule has 0 saturated heterocycles. The van der Waals surface area contributed by atoms with E-state index in [2.05, 4.69) is 15.5 Å². The Morgan fingerprint density at radius 2 is 2.14 bits per heavy atom. The van der Waals surface area contributed by atoms with Crippen LogP contribution in [0.3, 0.4) is 0 Å². The van der Waals surface area contributed by atoms with E-state index in [1.165, 1.54) is 11.3 Å². The van der Waals surface area contributed by atoms with E-state index in [1.807, 2.05) is 18.2 Å². The summed E-state index contributed by atoms with van der Waals surface area (Å²) in [6.45, 7) is 3.72. The lowest BCUT2D eigenvalue weighted by atomic mass is 10.3. The average molecular weight is 337 g/mol. The van der Waals surface area contributed by atoms with Crippen molar-refractivity contribution in [1.29, 1.82) is 0 Å². The van der Waals surface area contributed by atoms with E-state index in [1.54, 1.807) is 25.3 Å². The molecule has 3 aromatic rings. The fourth-order valence-corrected chi connectivity index (χ4v) is 3.47. The average Bonchev–Trinajstić information content (AvgIpc) is 3.00. The molecule has 0 spiro atoms. The third kappa shape index (κ3) is 2.42. The number of carbonyl (C=O) groups is 1. The summed E-state index contributed by atoms with van der Waals surface area (Å²) in [5.41, 5.74) is 1.43. The summed E-state index contributed by atoms with van der Waals surface area (Å²) < 4.78 is 6.95. The molecule has 0 radical (unpaired) electrons. The van der Waals surface area contributed by atoms with Crippen molar-refractivity contribution in [3.05, 3.63) is 39.6 Å². The molecule has 8 heteroatoms. The first-order chi connectivity index (χ1) is 10.5. The first-order valence-electron chi connectivity index (χ1n) is 6.47. The lowest BCUT2D eigenvalue weighted by Crippen LogP contribution is -2.12. The van der Waals surface area contributed by atoms with Gasteiger partial charge >= 0.3 is 0 Å². The number of methoxy groups -OCH3 is 1. The highest BCUT2D eigenvalue weighted by molar-refractivity contribution is 7.19. The number of benzene rings is 1. The van der Waals surface area contributed by atoms with Gasteiger partial charge in [-0.05, 0) is 32.0 Å². The van der Waals surface area contributed by atoms with Crippen LogP contribution in [0.1, 0.15) is 21.2 Å². The third-order valence-electron chi connectivity index (χ3n) is 3.27. The van der Waals surface area contributed by atoms with E-state index in [4.69, 9.17) is 16.3 Å². The van der Waals surface area contributed by atoms with Gasteiger partial charge in [0.1, 0.15) is 16.5 Å². The second-order valence-corrected chi connectivity index (χ2v) is 6.07. The van der Waals surface area contributed by atoms with Crippen LogP contribution in [0.4, 0.5) is 5.69 Å². The molecule has 114 valence electrons. The van der Waals surface area contributed by atoms with Crippen molar-refractivity contribution in [2.24, 2.45) is 0 Å². The molecule has 0 aliphatic carbocycles. The van der Waals surface area contributed by atoms with E-state index in [-0.39, 0.29) is 5.91 Å². The van der Waals surface area contributed by atoms with Crippen molar-refractivity contribution in [3.63, 3.8) is 0 Å². The van der Waals surface area contributed by atoms with Gasteiger partial charge in [-0.15, -0.1) is 10.2 Å². The molecule has 3 rings (SSSR count). The van der Waals surface area contributed by atoms with Crippen LogP contribution in [0.5, 0.6) is 5.75 Å². The van der Waals surface area contributed by atoms with Crippen LogP contribution in [0.2, 0.25) is 5.02 Å². The Labute approximate surface area is 135 Å². The van der Waals surface area contributed by atoms with Crippen LogP contribution in [0.25, 0.3) is 4.96 Å². The zero-order chi connectivity index (χ0) is 15.9. The Balaban J connectivity index is 1.90. The maximum absolute atomic E-state index is 12.4. The number of fused-ring (bicyclic) bond motifs is 1. The SMILES string of the molecule is COc1ccc(NC(=O)c2sc3nnc(C)n3c2C)cc1Cl. The molecular formula is C14H13ClN4O2S. The van der Waals surface area contributed by atoms with Gasteiger partial charge in [0, 0.05) is 11.4 Å². The monoisotopic (exact) mass is 336 g/mol. The van der Waals surface area contributed by atoms with Crippen molar-refractivity contribution in [3.8, 4) is 5.75 Å². The smallest absolute Gasteiger partial charge is 0.267 e. The highest BCUT2D eigenvalue weighted by Gasteiger charge is 2.18. The van der Waals surface area contributed by atoms with Crippen LogP contribution < -0.4 is 10.1 Å². The zero-order valence-corrected chi connectivity index (χ0v) is 13.7. The van der Waals surface area contributed by atoms with E-state index >= 15 is 0 Å². The topological polar surface area (TPSA) is 68.5 Å². The van der Waals surface area contributed by atoms with Gasteiger partial charge in [0.2, 0.25) is 4.96 Å². The van der Waals surface area contributed by atoms with Gasteiger partial charge in [0.05, 0.1) is 12.1 Å². The molecule has 2 aromatic heterocycles. The number of carbonyl (C=O) groups excluding carboxylic acids is 1. The summed E-state index contributed by atoms with van der Waals surface area (Å²) in [6.07, 6.45) is 0. The van der Waals surface area contributed by atoms with Gasteiger partial charge in [-0.3, -0.25) is 9.20 Å². The van der Waals surface area contributed by atoms with Crippen molar-refractivity contribution < 1.29 is 9.53 Å². The van der Waals surface area contributed by atoms with Gasteiger partial charge in [-0.25, -0.2) is 0 Å². The summed E-state index contributed by atoms with van der Waals surface area (Å²) in [5.74, 6) is 1.12. The number of thiazole rings is 1. The van der Waals surface area contributed by atoms with Gasteiger partial charge in [0.25, 0.3) is 5.91 Å². The van der Waals surface area contributed by atoms with Crippen LogP contribution >= 0.6 is 22.9 Å². The zero-order valence-electron chi connectivity index (χ0n) is 12.2. The van der Waals surface area contributed by atoms with E-state index in [0.29, 0.717) is 26.3 Å². The number of nitrogens with one attached hydrogen (secondary N) is 1. The highest BCUT2D eigenvalue weighted by Crippen LogP contribution is 2.28. The summed E-state index contributed by atoms with van der Waals surface area (Å²) in [7, 11) is 1.54. The molecule has 1 aromatic carbocycles. The third-order valence-corrected chi connectivity index (χ3v) is 4.70. The Morgan fingerprint density at radius 1 is 1.36 bits per heavy atom. The van der Waals surface area contributed by atoms with Crippen LogP contribution in [0, 0.1) is 13.8 Å². The molecule has 0 aliphatic rings. The largest absolute Gasteiger partial charge is 0.495 e. The molecule has 22 heavy (non-hydrogen) atoms. The molecule has 0 fully saturated rings. The van der Waals surface area contributed by atoms with Crippen LogP contribution in [0.15, 0.2) is 18.2 Å². The standard InChI is InChI=1S/C14H13ClN4O2S/c1-7-12(22-14-18-17-8(2)19(7)14)13(20)16-9-4-5-11(21-3)10(15)6-9/h4-6H,1-3H3,(H,16,20). The number of hydrogen-bond donors (Lipinski definition) is 1. The summed E-state index contributed by atoms with van der Waals surface area (Å²) >= 11 is 7.37. The fourth-order valence-electron chi connectivity index (χ4n) is 2.20. The fraction of sp³-hybridized carbons (Fsp3) is 0.214. The lowest BCUT2D eigenvalue weighted by Gasteiger charge is -2.07. The molecule has 6 nitrogen and oxygen atoms in total. The Morgan fingerprint density at radius 3 is 2.77 bits per heavy atom. The van der Waals surface area contributed by atoms with Gasteiger partial charge in [0.15, 0.2) is 0 Å². The minimum atomic E-state index is -0.200. The number of aryl methyl sites for hydroxylation is 2. The Bertz CT molecular complexity index is 871. The van der Waals surface area contributed by atoms with Crippen molar-refractivity contribution in [2.75, 3.05) is 12.4 Å². The Hall–Kier alpha value is -2.12. The Kier molecular flexibility index (Phi) is 3.76. The first kappa shape index (κ1) is 14.8. The summed E-state index contributed by atoms with van der Waals surface area (Å²) in [5, 5.41) is 11.3. The molecule has 1 N–H and O–H groups in total. The maximum atomic E-state index is 12.4. The molecule has 0 aliphatic heterocycles. The quantitative estimate of drug-likeness (QED) is 0.796. The van der Waals surface area contributed by atoms with Gasteiger partial charge in [-0.2, -0.15) is 0 Å². The number of ether oxygens (including phenoxy) is 1. The highest BCUT2D eigenvalue weighted by atomic mass is 35.5. The van der Waals surface area contributed by atoms with Crippen molar-refractivity contribution >= 4 is 39.5 Å². The van der Waals surface area contributed by atoms with Crippen molar-refractivity contribution in [1.82, 2.24) is 14.6 Å². The molecular weight excluding hydrogens is 324 g/mol. The number of rotatable bonds is 3. The first-order valence-corrected chi connectivity index (χ1v) is 7.66. The van der Waals surface area contributed by atoms with Gasteiger partial charge < -0.3 is 10.1 Å². The number of amides is 1. The second kappa shape index (κ2) is 5.58. The van der Waals surface area contributed by atoms with Crippen LogP contribution in [-0.2, 0) is 0 Å². The number of aromatic nitrogens is 3. The minimum Gasteiger partial charge on any atom is -0.495 e. The molecule has 0 bridgehead atoms. The number of anilines is 1. The van der Waals surface area contributed by atoms with E-state index in [9.17, 15) is 4.79 Å². The van der Waals surface area contributed by atoms with Gasteiger partial charge in [-0.1, -0.05) is 22.9 Å². The number of hydrogen-bond acceptors (Lipinski definition) is 5. The van der Waals surface area contributed by atoms with E-state index < -0.39 is 0 Å². The predicted molar refractivity (Wildman–Crippen MR) is 86.3 cm³/mol. The number of halogens is 1. The van der Waals surface area contributed by atoms with Crippen molar-refractivity contribution in [2.45, 2.75) is 13.8 Å². The minimum absolute atomic E-state index is 0.200. The summed E-state index contributed by atoms with van der Waals surface area (Å²) in [4.78, 5) is 13.7. The molecule has 0 saturated carbocycles. The number of nitrogens with zero attached hydrogens (tertiary/aromatic N) is 3.